The molecule has 0 aliphatic carbocycles. The molecule has 0 aliphatic heterocycles. The van der Waals surface area contributed by atoms with Crippen molar-refractivity contribution >= 4 is 11.6 Å². The average molecular weight is 201 g/mol. The van der Waals surface area contributed by atoms with Crippen molar-refractivity contribution in [1.82, 2.24) is 4.98 Å². The van der Waals surface area contributed by atoms with E-state index in [4.69, 9.17) is 5.73 Å². The van der Waals surface area contributed by atoms with Crippen molar-refractivity contribution in [2.24, 2.45) is 0 Å². The van der Waals surface area contributed by atoms with Crippen LogP contribution in [0.1, 0.15) is 19.8 Å². The lowest BCUT2D eigenvalue weighted by Gasteiger charge is -2.06. The van der Waals surface area contributed by atoms with Crippen LogP contribution in [0, 0.1) is 11.6 Å². The van der Waals surface area contributed by atoms with Gasteiger partial charge in [0.05, 0.1) is 0 Å². The van der Waals surface area contributed by atoms with Crippen LogP contribution in [0.15, 0.2) is 6.07 Å². The monoisotopic (exact) mass is 201 g/mol. The maximum absolute atomic E-state index is 13.0. The normalized spacial score (nSPS) is 10.2. The van der Waals surface area contributed by atoms with Crippen LogP contribution < -0.4 is 11.1 Å². The lowest BCUT2D eigenvalue weighted by molar-refractivity contribution is 0.579. The van der Waals surface area contributed by atoms with Gasteiger partial charge in [0.15, 0.2) is 23.3 Å². The number of nitrogens with zero attached hydrogens (tertiary/aromatic N) is 1. The van der Waals surface area contributed by atoms with E-state index in [1.807, 2.05) is 6.92 Å². The van der Waals surface area contributed by atoms with Gasteiger partial charge in [-0.25, -0.2) is 13.8 Å². The molecular weight excluding hydrogens is 188 g/mol. The zero-order valence-corrected chi connectivity index (χ0v) is 7.98. The van der Waals surface area contributed by atoms with Crippen LogP contribution in [0.2, 0.25) is 0 Å². The standard InChI is InChI=1S/C9H13F2N3/c1-2-3-4-13-9-7(11)5-6(10)8(12)14-9/h5H,2-4H2,1H3,(H3,12,13,14). The minimum absolute atomic E-state index is 0.0114. The molecule has 0 saturated carbocycles. The van der Waals surface area contributed by atoms with Crippen molar-refractivity contribution in [2.75, 3.05) is 17.6 Å². The molecule has 0 amide bonds. The highest BCUT2D eigenvalue weighted by atomic mass is 19.1. The van der Waals surface area contributed by atoms with Crippen molar-refractivity contribution in [2.45, 2.75) is 19.8 Å². The van der Waals surface area contributed by atoms with Crippen molar-refractivity contribution in [3.63, 3.8) is 0 Å². The highest BCUT2D eigenvalue weighted by molar-refractivity contribution is 5.44. The van der Waals surface area contributed by atoms with E-state index in [9.17, 15) is 8.78 Å². The molecule has 78 valence electrons. The van der Waals surface area contributed by atoms with E-state index < -0.39 is 11.6 Å². The topological polar surface area (TPSA) is 50.9 Å². The van der Waals surface area contributed by atoms with Crippen LogP contribution in [0.25, 0.3) is 0 Å². The van der Waals surface area contributed by atoms with Gasteiger partial charge in [-0.3, -0.25) is 0 Å². The lowest BCUT2D eigenvalue weighted by atomic mass is 10.3. The molecule has 14 heavy (non-hydrogen) atoms. The summed E-state index contributed by atoms with van der Waals surface area (Å²) >= 11 is 0. The Balaban J connectivity index is 2.72. The smallest absolute Gasteiger partial charge is 0.168 e. The molecule has 1 heterocycles. The highest BCUT2D eigenvalue weighted by Crippen LogP contribution is 2.16. The molecule has 1 aromatic rings. The van der Waals surface area contributed by atoms with Gasteiger partial charge in [-0.2, -0.15) is 0 Å². The summed E-state index contributed by atoms with van der Waals surface area (Å²) < 4.78 is 25.7. The molecule has 0 spiro atoms. The second kappa shape index (κ2) is 4.74. The Morgan fingerprint density at radius 1 is 1.43 bits per heavy atom. The fourth-order valence-electron chi connectivity index (χ4n) is 0.988. The van der Waals surface area contributed by atoms with Gasteiger partial charge in [-0.15, -0.1) is 0 Å². The summed E-state index contributed by atoms with van der Waals surface area (Å²) in [7, 11) is 0. The Morgan fingerprint density at radius 3 is 2.79 bits per heavy atom. The Labute approximate surface area is 81.3 Å². The molecule has 0 atom stereocenters. The largest absolute Gasteiger partial charge is 0.381 e. The van der Waals surface area contributed by atoms with Crippen LogP contribution in [0.5, 0.6) is 0 Å². The summed E-state index contributed by atoms with van der Waals surface area (Å²) in [6.07, 6.45) is 1.89. The number of nitrogens with two attached hydrogens (primary N) is 1. The first-order valence-corrected chi connectivity index (χ1v) is 4.50. The van der Waals surface area contributed by atoms with Crippen LogP contribution in [-0.2, 0) is 0 Å². The van der Waals surface area contributed by atoms with E-state index >= 15 is 0 Å². The summed E-state index contributed by atoms with van der Waals surface area (Å²) in [6.45, 7) is 2.62. The molecule has 0 aromatic carbocycles. The van der Waals surface area contributed by atoms with Crippen molar-refractivity contribution in [3.8, 4) is 0 Å². The minimum atomic E-state index is -0.830. The fraction of sp³-hybridized carbons (Fsp3) is 0.444. The predicted molar refractivity (Wildman–Crippen MR) is 52.0 cm³/mol. The fourth-order valence-corrected chi connectivity index (χ4v) is 0.988. The predicted octanol–water partition coefficient (Wildman–Crippen LogP) is 2.15. The Morgan fingerprint density at radius 2 is 2.14 bits per heavy atom. The first-order valence-electron chi connectivity index (χ1n) is 4.50. The van der Waals surface area contributed by atoms with Gasteiger partial charge in [0.25, 0.3) is 0 Å². The maximum atomic E-state index is 13.0. The second-order valence-corrected chi connectivity index (χ2v) is 2.97. The molecule has 0 unspecified atom stereocenters. The summed E-state index contributed by atoms with van der Waals surface area (Å²) in [6, 6.07) is 0.733. The van der Waals surface area contributed by atoms with Crippen LogP contribution in [0.3, 0.4) is 0 Å². The number of unbranched alkanes of at least 4 members (excludes halogenated alkanes) is 1. The summed E-state index contributed by atoms with van der Waals surface area (Å²) in [5.41, 5.74) is 5.20. The van der Waals surface area contributed by atoms with Gasteiger partial charge in [0.1, 0.15) is 0 Å². The van der Waals surface area contributed by atoms with Crippen molar-refractivity contribution in [3.05, 3.63) is 17.7 Å². The quantitative estimate of drug-likeness (QED) is 0.734. The number of halogens is 2. The Kier molecular flexibility index (Phi) is 3.62. The molecule has 0 radical (unpaired) electrons. The number of nitrogen functional groups attached to an aromatic ring is 1. The third-order valence-electron chi connectivity index (χ3n) is 1.78. The molecule has 0 bridgehead atoms. The maximum Gasteiger partial charge on any atom is 0.168 e. The van der Waals surface area contributed by atoms with Crippen molar-refractivity contribution < 1.29 is 8.78 Å². The van der Waals surface area contributed by atoms with E-state index in [0.717, 1.165) is 18.9 Å². The van der Waals surface area contributed by atoms with Crippen LogP contribution >= 0.6 is 0 Å². The average Bonchev–Trinajstić information content (AvgIpc) is 2.14. The van der Waals surface area contributed by atoms with Crippen LogP contribution in [-0.4, -0.2) is 11.5 Å². The van der Waals surface area contributed by atoms with Gasteiger partial charge in [0.2, 0.25) is 0 Å². The van der Waals surface area contributed by atoms with Gasteiger partial charge in [-0.1, -0.05) is 13.3 Å². The van der Waals surface area contributed by atoms with Crippen LogP contribution in [0.4, 0.5) is 20.4 Å². The summed E-state index contributed by atoms with van der Waals surface area (Å²) in [5, 5.41) is 2.75. The molecule has 5 heteroatoms. The first kappa shape index (κ1) is 10.7. The lowest BCUT2D eigenvalue weighted by Crippen LogP contribution is -2.07. The number of anilines is 2. The van der Waals surface area contributed by atoms with Gasteiger partial charge < -0.3 is 11.1 Å². The zero-order chi connectivity index (χ0) is 10.6. The number of aromatic nitrogens is 1. The molecule has 3 nitrogen and oxygen atoms in total. The molecule has 1 aromatic heterocycles. The molecule has 3 N–H and O–H groups in total. The zero-order valence-electron chi connectivity index (χ0n) is 7.98. The number of rotatable bonds is 4. The second-order valence-electron chi connectivity index (χ2n) is 2.97. The third-order valence-corrected chi connectivity index (χ3v) is 1.78. The number of hydrogen-bond donors (Lipinski definition) is 2. The molecule has 0 fully saturated rings. The number of pyridine rings is 1. The highest BCUT2D eigenvalue weighted by Gasteiger charge is 2.08. The molecule has 1 rings (SSSR count). The Bertz CT molecular complexity index is 315. The van der Waals surface area contributed by atoms with E-state index in [-0.39, 0.29) is 11.6 Å². The Hall–Kier alpha value is -1.39. The van der Waals surface area contributed by atoms with E-state index in [1.54, 1.807) is 0 Å². The first-order chi connectivity index (χ1) is 6.65. The number of hydrogen-bond acceptors (Lipinski definition) is 3. The SMILES string of the molecule is CCCCNc1nc(N)c(F)cc1F. The summed E-state index contributed by atoms with van der Waals surface area (Å²) in [5.74, 6) is -1.82. The number of nitrogens with one attached hydrogen (secondary N) is 1. The molecule has 0 saturated heterocycles. The molecule has 0 aliphatic rings. The van der Waals surface area contributed by atoms with E-state index in [2.05, 4.69) is 10.3 Å². The minimum Gasteiger partial charge on any atom is -0.381 e. The van der Waals surface area contributed by atoms with Crippen molar-refractivity contribution in [1.29, 1.82) is 0 Å². The third kappa shape index (κ3) is 2.55. The van der Waals surface area contributed by atoms with Gasteiger partial charge in [0, 0.05) is 12.6 Å². The summed E-state index contributed by atoms with van der Waals surface area (Å²) in [4.78, 5) is 3.56. The molecular formula is C9H13F2N3. The van der Waals surface area contributed by atoms with E-state index in [0.29, 0.717) is 6.54 Å². The van der Waals surface area contributed by atoms with Gasteiger partial charge >= 0.3 is 0 Å². The van der Waals surface area contributed by atoms with Gasteiger partial charge in [-0.05, 0) is 6.42 Å². The van der Waals surface area contributed by atoms with E-state index in [1.165, 1.54) is 0 Å².